The molecule has 0 amide bonds. The van der Waals surface area contributed by atoms with Crippen molar-refractivity contribution in [3.63, 3.8) is 0 Å². The fourth-order valence-electron chi connectivity index (χ4n) is 1.68. The van der Waals surface area contributed by atoms with E-state index in [4.69, 9.17) is 4.74 Å². The summed E-state index contributed by atoms with van der Waals surface area (Å²) in [6, 6.07) is 7.73. The lowest BCUT2D eigenvalue weighted by Gasteiger charge is -2.06. The number of rotatable bonds is 7. The zero-order valence-corrected chi connectivity index (χ0v) is 10.5. The number of nitrogens with zero attached hydrogens (tertiary/aromatic N) is 3. The third kappa shape index (κ3) is 3.85. The van der Waals surface area contributed by atoms with Gasteiger partial charge in [0.2, 0.25) is 5.88 Å². The zero-order chi connectivity index (χ0) is 12.6. The summed E-state index contributed by atoms with van der Waals surface area (Å²) in [7, 11) is 1.63. The molecule has 0 aromatic carbocycles. The Kier molecular flexibility index (Phi) is 4.72. The highest BCUT2D eigenvalue weighted by Crippen LogP contribution is 2.05. The number of methoxy groups -OCH3 is 1. The molecule has 0 fully saturated rings. The monoisotopic (exact) mass is 246 g/mol. The minimum Gasteiger partial charge on any atom is -0.481 e. The number of aryl methyl sites for hydroxylation is 1. The van der Waals surface area contributed by atoms with Crippen LogP contribution >= 0.6 is 0 Å². The van der Waals surface area contributed by atoms with E-state index in [0.29, 0.717) is 5.88 Å². The van der Waals surface area contributed by atoms with Gasteiger partial charge in [0.1, 0.15) is 0 Å². The average Bonchev–Trinajstić information content (AvgIpc) is 2.92. The van der Waals surface area contributed by atoms with E-state index in [2.05, 4.69) is 15.4 Å². The lowest BCUT2D eigenvalue weighted by Crippen LogP contribution is -2.17. The van der Waals surface area contributed by atoms with Crippen LogP contribution in [0, 0.1) is 0 Å². The molecule has 96 valence electrons. The largest absolute Gasteiger partial charge is 0.481 e. The Labute approximate surface area is 107 Å². The number of ether oxygens (including phenoxy) is 1. The molecule has 5 heteroatoms. The number of aromatic nitrogens is 3. The highest BCUT2D eigenvalue weighted by Gasteiger charge is 1.97. The quantitative estimate of drug-likeness (QED) is 0.752. The lowest BCUT2D eigenvalue weighted by molar-refractivity contribution is 0.395. The number of hydrogen-bond donors (Lipinski definition) is 1. The van der Waals surface area contributed by atoms with E-state index in [9.17, 15) is 0 Å². The molecule has 0 aliphatic rings. The highest BCUT2D eigenvalue weighted by atomic mass is 16.5. The number of nitrogens with one attached hydrogen (secondary N) is 1. The van der Waals surface area contributed by atoms with Crippen LogP contribution in [-0.4, -0.2) is 28.4 Å². The second-order valence-electron chi connectivity index (χ2n) is 3.97. The SMILES string of the molecule is COc1cccc(CNCCCn2cccn2)n1. The van der Waals surface area contributed by atoms with E-state index in [0.717, 1.165) is 31.7 Å². The van der Waals surface area contributed by atoms with Gasteiger partial charge in [-0.3, -0.25) is 4.68 Å². The zero-order valence-electron chi connectivity index (χ0n) is 10.5. The van der Waals surface area contributed by atoms with Crippen molar-refractivity contribution in [2.45, 2.75) is 19.5 Å². The van der Waals surface area contributed by atoms with Gasteiger partial charge in [0, 0.05) is 31.5 Å². The maximum Gasteiger partial charge on any atom is 0.213 e. The molecule has 2 heterocycles. The van der Waals surface area contributed by atoms with Crippen molar-refractivity contribution in [2.75, 3.05) is 13.7 Å². The molecule has 0 atom stereocenters. The van der Waals surface area contributed by atoms with Crippen LogP contribution in [0.3, 0.4) is 0 Å². The summed E-state index contributed by atoms with van der Waals surface area (Å²) in [6.07, 6.45) is 4.82. The van der Waals surface area contributed by atoms with Gasteiger partial charge in [0.15, 0.2) is 0 Å². The fourth-order valence-corrected chi connectivity index (χ4v) is 1.68. The van der Waals surface area contributed by atoms with Gasteiger partial charge >= 0.3 is 0 Å². The van der Waals surface area contributed by atoms with Gasteiger partial charge in [0.25, 0.3) is 0 Å². The summed E-state index contributed by atoms with van der Waals surface area (Å²) < 4.78 is 7.02. The maximum absolute atomic E-state index is 5.08. The van der Waals surface area contributed by atoms with E-state index in [1.54, 1.807) is 13.3 Å². The third-order valence-corrected chi connectivity index (χ3v) is 2.60. The number of pyridine rings is 1. The Balaban J connectivity index is 1.65. The maximum atomic E-state index is 5.08. The van der Waals surface area contributed by atoms with E-state index in [1.165, 1.54) is 0 Å². The predicted molar refractivity (Wildman–Crippen MR) is 69.3 cm³/mol. The van der Waals surface area contributed by atoms with Crippen LogP contribution in [0.2, 0.25) is 0 Å². The standard InChI is InChI=1S/C13H18N4O/c1-18-13-6-2-5-12(16-13)11-14-7-3-9-17-10-4-8-15-17/h2,4-6,8,10,14H,3,7,9,11H2,1H3. The second-order valence-corrected chi connectivity index (χ2v) is 3.97. The molecular weight excluding hydrogens is 228 g/mol. The molecule has 0 unspecified atom stereocenters. The van der Waals surface area contributed by atoms with Gasteiger partial charge in [-0.15, -0.1) is 0 Å². The van der Waals surface area contributed by atoms with Crippen molar-refractivity contribution in [1.82, 2.24) is 20.1 Å². The van der Waals surface area contributed by atoms with Gasteiger partial charge in [-0.1, -0.05) is 6.07 Å². The van der Waals surface area contributed by atoms with E-state index >= 15 is 0 Å². The molecule has 0 bridgehead atoms. The topological polar surface area (TPSA) is 52.0 Å². The minimum absolute atomic E-state index is 0.658. The third-order valence-electron chi connectivity index (χ3n) is 2.60. The van der Waals surface area contributed by atoms with Crippen molar-refractivity contribution in [3.05, 3.63) is 42.4 Å². The first-order valence-electron chi connectivity index (χ1n) is 6.06. The summed E-state index contributed by atoms with van der Waals surface area (Å²) >= 11 is 0. The van der Waals surface area contributed by atoms with Crippen molar-refractivity contribution in [1.29, 1.82) is 0 Å². The lowest BCUT2D eigenvalue weighted by atomic mass is 10.3. The van der Waals surface area contributed by atoms with E-state index < -0.39 is 0 Å². The molecule has 5 nitrogen and oxygen atoms in total. The number of hydrogen-bond acceptors (Lipinski definition) is 4. The summed E-state index contributed by atoms with van der Waals surface area (Å²) in [5.41, 5.74) is 0.994. The summed E-state index contributed by atoms with van der Waals surface area (Å²) in [6.45, 7) is 2.64. The normalized spacial score (nSPS) is 10.5. The molecule has 0 saturated heterocycles. The molecular formula is C13H18N4O. The van der Waals surface area contributed by atoms with Crippen LogP contribution in [0.4, 0.5) is 0 Å². The van der Waals surface area contributed by atoms with Gasteiger partial charge < -0.3 is 10.1 Å². The molecule has 1 N–H and O–H groups in total. The Morgan fingerprint density at radius 1 is 1.33 bits per heavy atom. The first-order valence-corrected chi connectivity index (χ1v) is 6.06. The van der Waals surface area contributed by atoms with Crippen LogP contribution in [-0.2, 0) is 13.1 Å². The molecule has 18 heavy (non-hydrogen) atoms. The molecule has 0 radical (unpaired) electrons. The van der Waals surface area contributed by atoms with Gasteiger partial charge in [-0.2, -0.15) is 5.10 Å². The van der Waals surface area contributed by atoms with E-state index in [-0.39, 0.29) is 0 Å². The van der Waals surface area contributed by atoms with Crippen LogP contribution in [0.25, 0.3) is 0 Å². The van der Waals surface area contributed by atoms with Crippen LogP contribution in [0.5, 0.6) is 5.88 Å². The smallest absolute Gasteiger partial charge is 0.213 e. The molecule has 2 aromatic rings. The molecule has 0 saturated carbocycles. The molecule has 2 aromatic heterocycles. The second kappa shape index (κ2) is 6.76. The van der Waals surface area contributed by atoms with Crippen LogP contribution in [0.1, 0.15) is 12.1 Å². The molecule has 2 rings (SSSR count). The predicted octanol–water partition coefficient (Wildman–Crippen LogP) is 1.47. The van der Waals surface area contributed by atoms with Crippen molar-refractivity contribution < 1.29 is 4.74 Å². The van der Waals surface area contributed by atoms with Gasteiger partial charge in [-0.05, 0) is 25.1 Å². The van der Waals surface area contributed by atoms with Crippen molar-refractivity contribution >= 4 is 0 Å². The van der Waals surface area contributed by atoms with Crippen molar-refractivity contribution in [2.24, 2.45) is 0 Å². The minimum atomic E-state index is 0.658. The summed E-state index contributed by atoms with van der Waals surface area (Å²) in [4.78, 5) is 4.34. The first kappa shape index (κ1) is 12.6. The Morgan fingerprint density at radius 2 is 2.28 bits per heavy atom. The van der Waals surface area contributed by atoms with E-state index in [1.807, 2.05) is 35.1 Å². The Bertz CT molecular complexity index is 456. The average molecular weight is 246 g/mol. The molecule has 0 aliphatic carbocycles. The Morgan fingerprint density at radius 3 is 3.06 bits per heavy atom. The van der Waals surface area contributed by atoms with Crippen LogP contribution in [0.15, 0.2) is 36.7 Å². The Hall–Kier alpha value is -1.88. The van der Waals surface area contributed by atoms with Crippen molar-refractivity contribution in [3.8, 4) is 5.88 Å². The van der Waals surface area contributed by atoms with Gasteiger partial charge in [0.05, 0.1) is 12.8 Å². The molecule has 0 aliphatic heterocycles. The molecule has 0 spiro atoms. The first-order chi connectivity index (χ1) is 8.88. The van der Waals surface area contributed by atoms with Gasteiger partial charge in [-0.25, -0.2) is 4.98 Å². The highest BCUT2D eigenvalue weighted by molar-refractivity contribution is 5.15. The summed E-state index contributed by atoms with van der Waals surface area (Å²) in [5.74, 6) is 0.658. The fraction of sp³-hybridized carbons (Fsp3) is 0.385. The summed E-state index contributed by atoms with van der Waals surface area (Å²) in [5, 5.41) is 7.51. The van der Waals surface area contributed by atoms with Crippen LogP contribution < -0.4 is 10.1 Å².